The number of halogens is 1. The normalized spacial score (nSPS) is 10.8. The molecule has 3 aromatic rings. The largest absolute Gasteiger partial charge is 0.477 e. The van der Waals surface area contributed by atoms with Gasteiger partial charge in [0.1, 0.15) is 5.58 Å². The van der Waals surface area contributed by atoms with Crippen molar-refractivity contribution in [3.63, 3.8) is 0 Å². The lowest BCUT2D eigenvalue weighted by molar-refractivity contribution is 0.0694. The standard InChI is InChI=1S/C17H11ClO4/c1-9-2-7-13-12(8-9)15(19)14(17(20)21)16(22-13)10-3-5-11(18)6-4-10/h2-8H,1H3,(H,20,21). The maximum atomic E-state index is 12.5. The van der Waals surface area contributed by atoms with E-state index in [9.17, 15) is 14.7 Å². The van der Waals surface area contributed by atoms with Gasteiger partial charge >= 0.3 is 5.97 Å². The molecule has 1 N–H and O–H groups in total. The third-order valence-electron chi connectivity index (χ3n) is 3.37. The molecule has 0 amide bonds. The van der Waals surface area contributed by atoms with Crippen molar-refractivity contribution in [1.82, 2.24) is 0 Å². The molecule has 3 rings (SSSR count). The van der Waals surface area contributed by atoms with Gasteiger partial charge in [-0.1, -0.05) is 23.2 Å². The van der Waals surface area contributed by atoms with Crippen LogP contribution < -0.4 is 5.43 Å². The summed E-state index contributed by atoms with van der Waals surface area (Å²) in [7, 11) is 0. The molecule has 2 aromatic carbocycles. The summed E-state index contributed by atoms with van der Waals surface area (Å²) in [5, 5.41) is 10.2. The first-order valence-corrected chi connectivity index (χ1v) is 6.92. The molecule has 0 bridgehead atoms. The Labute approximate surface area is 130 Å². The first-order chi connectivity index (χ1) is 10.5. The lowest BCUT2D eigenvalue weighted by Crippen LogP contribution is -2.16. The Morgan fingerprint density at radius 1 is 1.14 bits per heavy atom. The highest BCUT2D eigenvalue weighted by molar-refractivity contribution is 6.30. The molecular weight excluding hydrogens is 304 g/mol. The van der Waals surface area contributed by atoms with Gasteiger partial charge in [0.25, 0.3) is 0 Å². The van der Waals surface area contributed by atoms with Gasteiger partial charge in [0, 0.05) is 10.6 Å². The van der Waals surface area contributed by atoms with Gasteiger partial charge in [0.05, 0.1) is 5.39 Å². The topological polar surface area (TPSA) is 67.5 Å². The zero-order valence-corrected chi connectivity index (χ0v) is 12.3. The molecule has 5 heteroatoms. The Kier molecular flexibility index (Phi) is 3.47. The number of rotatable bonds is 2. The van der Waals surface area contributed by atoms with E-state index < -0.39 is 11.4 Å². The third-order valence-corrected chi connectivity index (χ3v) is 3.62. The van der Waals surface area contributed by atoms with Crippen LogP contribution in [0.3, 0.4) is 0 Å². The zero-order chi connectivity index (χ0) is 15.9. The highest BCUT2D eigenvalue weighted by atomic mass is 35.5. The predicted molar refractivity (Wildman–Crippen MR) is 84.6 cm³/mol. The van der Waals surface area contributed by atoms with E-state index in [1.165, 1.54) is 0 Å². The number of carbonyl (C=O) groups is 1. The molecule has 4 nitrogen and oxygen atoms in total. The molecule has 0 saturated carbocycles. The van der Waals surface area contributed by atoms with Gasteiger partial charge < -0.3 is 9.52 Å². The monoisotopic (exact) mass is 314 g/mol. The van der Waals surface area contributed by atoms with Crippen molar-refractivity contribution in [2.24, 2.45) is 0 Å². The van der Waals surface area contributed by atoms with Crippen molar-refractivity contribution in [2.45, 2.75) is 6.92 Å². The van der Waals surface area contributed by atoms with Crippen molar-refractivity contribution in [1.29, 1.82) is 0 Å². The van der Waals surface area contributed by atoms with Crippen LogP contribution in [0, 0.1) is 6.92 Å². The summed E-state index contributed by atoms with van der Waals surface area (Å²) in [4.78, 5) is 24.0. The van der Waals surface area contributed by atoms with Gasteiger partial charge in [-0.05, 0) is 43.3 Å². The van der Waals surface area contributed by atoms with E-state index >= 15 is 0 Å². The van der Waals surface area contributed by atoms with Crippen molar-refractivity contribution < 1.29 is 14.3 Å². The van der Waals surface area contributed by atoms with Crippen LogP contribution in [-0.4, -0.2) is 11.1 Å². The second-order valence-corrected chi connectivity index (χ2v) is 5.38. The lowest BCUT2D eigenvalue weighted by Gasteiger charge is -2.08. The number of hydrogen-bond acceptors (Lipinski definition) is 3. The fraction of sp³-hybridized carbons (Fsp3) is 0.0588. The number of benzene rings is 2. The quantitative estimate of drug-likeness (QED) is 0.772. The maximum Gasteiger partial charge on any atom is 0.343 e. The van der Waals surface area contributed by atoms with Crippen LogP contribution in [-0.2, 0) is 0 Å². The molecule has 0 spiro atoms. The van der Waals surface area contributed by atoms with Crippen molar-refractivity contribution in [2.75, 3.05) is 0 Å². The van der Waals surface area contributed by atoms with E-state index in [0.29, 0.717) is 16.2 Å². The van der Waals surface area contributed by atoms with Gasteiger partial charge in [-0.15, -0.1) is 0 Å². The molecule has 0 aliphatic carbocycles. The second-order valence-electron chi connectivity index (χ2n) is 4.95. The summed E-state index contributed by atoms with van der Waals surface area (Å²) in [6.45, 7) is 1.83. The average molecular weight is 315 g/mol. The van der Waals surface area contributed by atoms with Gasteiger partial charge in [-0.2, -0.15) is 0 Å². The fourth-order valence-corrected chi connectivity index (χ4v) is 2.43. The molecule has 0 aliphatic rings. The van der Waals surface area contributed by atoms with Crippen LogP contribution in [0.25, 0.3) is 22.3 Å². The minimum Gasteiger partial charge on any atom is -0.477 e. The molecule has 1 aromatic heterocycles. The molecular formula is C17H11ClO4. The van der Waals surface area contributed by atoms with Crippen molar-refractivity contribution in [3.05, 3.63) is 68.8 Å². The van der Waals surface area contributed by atoms with Crippen molar-refractivity contribution in [3.8, 4) is 11.3 Å². The molecule has 1 heterocycles. The number of carboxylic acid groups (broad SMARTS) is 1. The SMILES string of the molecule is Cc1ccc2oc(-c3ccc(Cl)cc3)c(C(=O)O)c(=O)c2c1. The van der Waals surface area contributed by atoms with Crippen LogP contribution in [0.1, 0.15) is 15.9 Å². The lowest BCUT2D eigenvalue weighted by atomic mass is 10.0. The molecule has 0 fully saturated rings. The van der Waals surface area contributed by atoms with Gasteiger partial charge in [0.2, 0.25) is 5.43 Å². The van der Waals surface area contributed by atoms with E-state index in [-0.39, 0.29) is 16.7 Å². The van der Waals surface area contributed by atoms with Crippen LogP contribution >= 0.6 is 11.6 Å². The molecule has 110 valence electrons. The summed E-state index contributed by atoms with van der Waals surface area (Å²) in [5.41, 5.74) is 0.769. The number of aromatic carboxylic acids is 1. The Bertz CT molecular complexity index is 939. The predicted octanol–water partition coefficient (Wildman–Crippen LogP) is 4.12. The number of aryl methyl sites for hydroxylation is 1. The Morgan fingerprint density at radius 2 is 1.82 bits per heavy atom. The van der Waals surface area contributed by atoms with Crippen LogP contribution in [0.2, 0.25) is 5.02 Å². The zero-order valence-electron chi connectivity index (χ0n) is 11.6. The van der Waals surface area contributed by atoms with Crippen LogP contribution in [0.4, 0.5) is 0 Å². The van der Waals surface area contributed by atoms with Gasteiger partial charge in [-0.3, -0.25) is 4.79 Å². The number of fused-ring (bicyclic) bond motifs is 1. The highest BCUT2D eigenvalue weighted by Crippen LogP contribution is 2.27. The summed E-state index contributed by atoms with van der Waals surface area (Å²) in [5.74, 6) is -1.28. The summed E-state index contributed by atoms with van der Waals surface area (Å²) in [6.07, 6.45) is 0. The average Bonchev–Trinajstić information content (AvgIpc) is 2.48. The molecule has 0 unspecified atom stereocenters. The summed E-state index contributed by atoms with van der Waals surface area (Å²) < 4.78 is 5.69. The van der Waals surface area contributed by atoms with E-state index in [1.54, 1.807) is 42.5 Å². The van der Waals surface area contributed by atoms with E-state index in [1.807, 2.05) is 6.92 Å². The van der Waals surface area contributed by atoms with E-state index in [2.05, 4.69) is 0 Å². The van der Waals surface area contributed by atoms with E-state index in [4.69, 9.17) is 16.0 Å². The summed E-state index contributed by atoms with van der Waals surface area (Å²) >= 11 is 5.84. The molecule has 0 atom stereocenters. The molecule has 0 aliphatic heterocycles. The molecule has 0 saturated heterocycles. The van der Waals surface area contributed by atoms with Gasteiger partial charge in [0.15, 0.2) is 11.3 Å². The third kappa shape index (κ3) is 2.38. The molecule has 0 radical (unpaired) electrons. The Morgan fingerprint density at radius 3 is 2.45 bits per heavy atom. The minimum absolute atomic E-state index is 0.0329. The maximum absolute atomic E-state index is 12.5. The fourth-order valence-electron chi connectivity index (χ4n) is 2.31. The second kappa shape index (κ2) is 5.31. The smallest absolute Gasteiger partial charge is 0.343 e. The Hall–Kier alpha value is -2.59. The van der Waals surface area contributed by atoms with E-state index in [0.717, 1.165) is 5.56 Å². The first-order valence-electron chi connectivity index (χ1n) is 6.54. The molecule has 22 heavy (non-hydrogen) atoms. The summed E-state index contributed by atoms with van der Waals surface area (Å²) in [6, 6.07) is 11.6. The minimum atomic E-state index is -1.32. The number of carboxylic acids is 1. The van der Waals surface area contributed by atoms with Crippen LogP contribution in [0.5, 0.6) is 0 Å². The number of hydrogen-bond donors (Lipinski definition) is 1. The first kappa shape index (κ1) is 14.4. The Balaban J connectivity index is 2.41. The van der Waals surface area contributed by atoms with Crippen LogP contribution in [0.15, 0.2) is 51.7 Å². The van der Waals surface area contributed by atoms with Gasteiger partial charge in [-0.25, -0.2) is 4.79 Å². The van der Waals surface area contributed by atoms with Crippen molar-refractivity contribution >= 4 is 28.5 Å². The highest BCUT2D eigenvalue weighted by Gasteiger charge is 2.21.